The van der Waals surface area contributed by atoms with Gasteiger partial charge in [0, 0.05) is 11.6 Å². The molecule has 0 unspecified atom stereocenters. The highest BCUT2D eigenvalue weighted by Gasteiger charge is 2.05. The smallest absolute Gasteiger partial charge is 0.252 e. The van der Waals surface area contributed by atoms with E-state index in [9.17, 15) is 15.0 Å². The van der Waals surface area contributed by atoms with Crippen LogP contribution < -0.4 is 5.32 Å². The monoisotopic (exact) mass is 255 g/mol. The van der Waals surface area contributed by atoms with E-state index in [0.717, 1.165) is 6.08 Å². The van der Waals surface area contributed by atoms with Crippen LogP contribution in [0.1, 0.15) is 5.56 Å². The summed E-state index contributed by atoms with van der Waals surface area (Å²) in [7, 11) is 0. The molecule has 3 N–H and O–H groups in total. The number of hydrogen-bond acceptors (Lipinski definition) is 3. The Morgan fingerprint density at radius 2 is 1.63 bits per heavy atom. The van der Waals surface area contributed by atoms with Crippen LogP contribution in [0.15, 0.2) is 60.7 Å². The van der Waals surface area contributed by atoms with E-state index in [4.69, 9.17) is 0 Å². The number of phenolic OH excluding ortho intramolecular Hbond substituents is 1. The minimum Gasteiger partial charge on any atom is -0.507 e. The van der Waals surface area contributed by atoms with Crippen LogP contribution in [0.3, 0.4) is 0 Å². The van der Waals surface area contributed by atoms with Gasteiger partial charge >= 0.3 is 0 Å². The van der Waals surface area contributed by atoms with Gasteiger partial charge < -0.3 is 15.5 Å². The Hall–Kier alpha value is -2.75. The van der Waals surface area contributed by atoms with Crippen molar-refractivity contribution in [3.05, 3.63) is 66.2 Å². The van der Waals surface area contributed by atoms with Gasteiger partial charge in [0.05, 0.1) is 5.69 Å². The Balaban J connectivity index is 2.12. The second kappa shape index (κ2) is 5.73. The molecule has 0 aromatic heterocycles. The van der Waals surface area contributed by atoms with Crippen LogP contribution in [0.25, 0.3) is 5.76 Å². The Morgan fingerprint density at radius 3 is 2.32 bits per heavy atom. The molecule has 0 heterocycles. The first-order valence-electron chi connectivity index (χ1n) is 5.72. The third-order valence-corrected chi connectivity index (χ3v) is 2.50. The van der Waals surface area contributed by atoms with Gasteiger partial charge in [-0.25, -0.2) is 0 Å². The third-order valence-electron chi connectivity index (χ3n) is 2.50. The van der Waals surface area contributed by atoms with Gasteiger partial charge in [0.15, 0.2) is 0 Å². The zero-order chi connectivity index (χ0) is 13.7. The number of anilines is 1. The number of nitrogens with one attached hydrogen (secondary N) is 1. The van der Waals surface area contributed by atoms with Gasteiger partial charge in [0.2, 0.25) is 0 Å². The number of amides is 1. The van der Waals surface area contributed by atoms with Crippen LogP contribution in [0.2, 0.25) is 0 Å². The van der Waals surface area contributed by atoms with Crippen LogP contribution in [-0.4, -0.2) is 16.1 Å². The van der Waals surface area contributed by atoms with Crippen LogP contribution in [0.5, 0.6) is 5.75 Å². The van der Waals surface area contributed by atoms with Crippen LogP contribution in [0, 0.1) is 0 Å². The molecular formula is C15H13NO3. The highest BCUT2D eigenvalue weighted by atomic mass is 16.3. The first-order chi connectivity index (χ1) is 9.16. The Morgan fingerprint density at radius 1 is 1.00 bits per heavy atom. The molecule has 96 valence electrons. The Labute approximate surface area is 110 Å². The predicted octanol–water partition coefficient (Wildman–Crippen LogP) is 2.93. The normalized spacial score (nSPS) is 11.1. The highest BCUT2D eigenvalue weighted by molar-refractivity contribution is 6.03. The minimum atomic E-state index is -0.511. The van der Waals surface area contributed by atoms with E-state index in [1.807, 2.05) is 6.07 Å². The van der Waals surface area contributed by atoms with Crippen molar-refractivity contribution in [3.63, 3.8) is 0 Å². The van der Waals surface area contributed by atoms with Gasteiger partial charge in [-0.1, -0.05) is 42.5 Å². The molecule has 2 rings (SSSR count). The molecule has 0 bridgehead atoms. The number of aliphatic hydroxyl groups is 1. The molecule has 4 heteroatoms. The molecule has 0 atom stereocenters. The summed E-state index contributed by atoms with van der Waals surface area (Å²) >= 11 is 0. The fourth-order valence-electron chi connectivity index (χ4n) is 1.56. The molecule has 4 nitrogen and oxygen atoms in total. The van der Waals surface area contributed by atoms with Crippen LogP contribution in [0.4, 0.5) is 5.69 Å². The summed E-state index contributed by atoms with van der Waals surface area (Å²) in [6.45, 7) is 0. The van der Waals surface area contributed by atoms with Crippen molar-refractivity contribution in [2.24, 2.45) is 0 Å². The molecule has 2 aromatic carbocycles. The second-order valence-corrected chi connectivity index (χ2v) is 3.90. The van der Waals surface area contributed by atoms with E-state index in [-0.39, 0.29) is 11.5 Å². The Kier molecular flexibility index (Phi) is 3.83. The van der Waals surface area contributed by atoms with Gasteiger partial charge in [-0.15, -0.1) is 0 Å². The lowest BCUT2D eigenvalue weighted by Gasteiger charge is -2.05. The largest absolute Gasteiger partial charge is 0.507 e. The van der Waals surface area contributed by atoms with E-state index >= 15 is 0 Å². The van der Waals surface area contributed by atoms with Gasteiger partial charge in [0.25, 0.3) is 5.91 Å². The quantitative estimate of drug-likeness (QED) is 0.448. The molecule has 0 radical (unpaired) electrons. The van der Waals surface area contributed by atoms with E-state index in [2.05, 4.69) is 5.32 Å². The van der Waals surface area contributed by atoms with E-state index < -0.39 is 5.91 Å². The summed E-state index contributed by atoms with van der Waals surface area (Å²) < 4.78 is 0. The molecule has 19 heavy (non-hydrogen) atoms. The van der Waals surface area contributed by atoms with Crippen molar-refractivity contribution in [2.75, 3.05) is 5.32 Å². The molecule has 2 aromatic rings. The number of carbonyl (C=O) groups excluding carboxylic acids is 1. The van der Waals surface area contributed by atoms with Gasteiger partial charge in [-0.3, -0.25) is 4.79 Å². The molecule has 0 fully saturated rings. The molecule has 0 aliphatic heterocycles. The molecule has 0 spiro atoms. The maximum atomic E-state index is 11.7. The number of benzene rings is 2. The number of hydrogen-bond donors (Lipinski definition) is 3. The van der Waals surface area contributed by atoms with Crippen molar-refractivity contribution < 1.29 is 15.0 Å². The number of rotatable bonds is 3. The molecular weight excluding hydrogens is 242 g/mol. The van der Waals surface area contributed by atoms with Crippen molar-refractivity contribution in [2.45, 2.75) is 0 Å². The van der Waals surface area contributed by atoms with Crippen molar-refractivity contribution in [1.82, 2.24) is 0 Å². The maximum Gasteiger partial charge on any atom is 0.252 e. The topological polar surface area (TPSA) is 69.6 Å². The fourth-order valence-corrected chi connectivity index (χ4v) is 1.56. The molecule has 0 aliphatic carbocycles. The summed E-state index contributed by atoms with van der Waals surface area (Å²) in [4.78, 5) is 11.7. The summed E-state index contributed by atoms with van der Waals surface area (Å²) in [6.07, 6.45) is 1.07. The summed E-state index contributed by atoms with van der Waals surface area (Å²) in [6, 6.07) is 15.1. The van der Waals surface area contributed by atoms with Crippen molar-refractivity contribution in [3.8, 4) is 5.75 Å². The number of phenols is 1. The number of aromatic hydroxyl groups is 1. The summed E-state index contributed by atoms with van der Waals surface area (Å²) in [5.41, 5.74) is 0.847. The predicted molar refractivity (Wildman–Crippen MR) is 73.8 cm³/mol. The lowest BCUT2D eigenvalue weighted by Crippen LogP contribution is -2.08. The van der Waals surface area contributed by atoms with Crippen molar-refractivity contribution in [1.29, 1.82) is 0 Å². The third kappa shape index (κ3) is 3.35. The first-order valence-corrected chi connectivity index (χ1v) is 5.72. The lowest BCUT2D eigenvalue weighted by atomic mass is 10.2. The van der Waals surface area contributed by atoms with Crippen LogP contribution in [-0.2, 0) is 4.79 Å². The molecule has 0 saturated carbocycles. The van der Waals surface area contributed by atoms with Gasteiger partial charge in [0.1, 0.15) is 11.5 Å². The summed E-state index contributed by atoms with van der Waals surface area (Å²) in [5.74, 6) is -0.667. The SMILES string of the molecule is O=C(C=C(O)c1ccccc1)Nc1ccccc1O. The number of aliphatic hydroxyl groups excluding tert-OH is 1. The standard InChI is InChI=1S/C15H13NO3/c17-13-9-5-4-8-12(13)16-15(19)10-14(18)11-6-2-1-3-7-11/h1-10,17-18H,(H,16,19). The fraction of sp³-hybridized carbons (Fsp3) is 0. The zero-order valence-corrected chi connectivity index (χ0v) is 10.1. The Bertz CT molecular complexity index is 606. The number of carbonyl (C=O) groups is 1. The van der Waals surface area contributed by atoms with Gasteiger partial charge in [-0.2, -0.15) is 0 Å². The average Bonchev–Trinajstić information content (AvgIpc) is 2.42. The van der Waals surface area contributed by atoms with Crippen LogP contribution >= 0.6 is 0 Å². The molecule has 0 saturated heterocycles. The first kappa shape index (κ1) is 12.7. The maximum absolute atomic E-state index is 11.7. The minimum absolute atomic E-state index is 0.0246. The lowest BCUT2D eigenvalue weighted by molar-refractivity contribution is -0.111. The number of para-hydroxylation sites is 2. The van der Waals surface area contributed by atoms with Gasteiger partial charge in [-0.05, 0) is 12.1 Å². The van der Waals surface area contributed by atoms with E-state index in [1.54, 1.807) is 42.5 Å². The second-order valence-electron chi connectivity index (χ2n) is 3.90. The molecule has 0 aliphatic rings. The molecule has 1 amide bonds. The average molecular weight is 255 g/mol. The zero-order valence-electron chi connectivity index (χ0n) is 10.1. The van der Waals surface area contributed by atoms with E-state index in [0.29, 0.717) is 11.3 Å². The van der Waals surface area contributed by atoms with Crippen molar-refractivity contribution >= 4 is 17.4 Å². The highest BCUT2D eigenvalue weighted by Crippen LogP contribution is 2.21. The summed E-state index contributed by atoms with van der Waals surface area (Å²) in [5, 5.41) is 21.8. The van der Waals surface area contributed by atoms with E-state index in [1.165, 1.54) is 6.07 Å².